The van der Waals surface area contributed by atoms with Gasteiger partial charge in [0.05, 0.1) is 16.6 Å². The van der Waals surface area contributed by atoms with Crippen molar-refractivity contribution in [2.75, 3.05) is 0 Å². The van der Waals surface area contributed by atoms with E-state index in [1.54, 1.807) is 12.1 Å². The Labute approximate surface area is 99.9 Å². The number of carboxylic acid groups (broad SMARTS) is 1. The number of imidazole rings is 1. The third-order valence-electron chi connectivity index (χ3n) is 3.15. The molecule has 1 unspecified atom stereocenters. The standard InChI is InChI=1S/C13H16N2O2/c1-4-8(2)15-9(3)14-11-7-5-6-10(12(11)15)13(16)17/h5-8H,4H2,1-3H3,(H,16,17). The number of para-hydroxylation sites is 1. The molecule has 17 heavy (non-hydrogen) atoms. The first kappa shape index (κ1) is 11.6. The highest BCUT2D eigenvalue weighted by atomic mass is 16.4. The minimum Gasteiger partial charge on any atom is -0.478 e. The second-order valence-electron chi connectivity index (χ2n) is 4.26. The van der Waals surface area contributed by atoms with Gasteiger partial charge >= 0.3 is 5.97 Å². The molecule has 0 radical (unpaired) electrons. The summed E-state index contributed by atoms with van der Waals surface area (Å²) < 4.78 is 2.01. The number of fused-ring (bicyclic) bond motifs is 1. The fourth-order valence-electron chi connectivity index (χ4n) is 2.16. The van der Waals surface area contributed by atoms with Crippen LogP contribution in [0.1, 0.15) is 42.5 Å². The van der Waals surface area contributed by atoms with Crippen LogP contribution < -0.4 is 0 Å². The summed E-state index contributed by atoms with van der Waals surface area (Å²) in [4.78, 5) is 15.7. The fourth-order valence-corrected chi connectivity index (χ4v) is 2.16. The van der Waals surface area contributed by atoms with Crippen molar-refractivity contribution in [1.82, 2.24) is 9.55 Å². The first-order valence-electron chi connectivity index (χ1n) is 5.77. The van der Waals surface area contributed by atoms with Crippen molar-refractivity contribution in [3.05, 3.63) is 29.6 Å². The highest BCUT2D eigenvalue weighted by Gasteiger charge is 2.18. The average molecular weight is 232 g/mol. The SMILES string of the molecule is CCC(C)n1c(C)nc2cccc(C(=O)O)c21. The van der Waals surface area contributed by atoms with Crippen molar-refractivity contribution >= 4 is 17.0 Å². The van der Waals surface area contributed by atoms with Crippen LogP contribution in [0.15, 0.2) is 18.2 Å². The van der Waals surface area contributed by atoms with Crippen LogP contribution in [0, 0.1) is 6.92 Å². The van der Waals surface area contributed by atoms with Gasteiger partial charge in [0.2, 0.25) is 0 Å². The van der Waals surface area contributed by atoms with E-state index in [9.17, 15) is 9.90 Å². The van der Waals surface area contributed by atoms with Gasteiger partial charge in [0.25, 0.3) is 0 Å². The summed E-state index contributed by atoms with van der Waals surface area (Å²) >= 11 is 0. The van der Waals surface area contributed by atoms with Gasteiger partial charge in [0.15, 0.2) is 0 Å². The van der Waals surface area contributed by atoms with E-state index in [1.807, 2.05) is 17.6 Å². The van der Waals surface area contributed by atoms with Crippen molar-refractivity contribution < 1.29 is 9.90 Å². The van der Waals surface area contributed by atoms with Crippen LogP contribution in [-0.4, -0.2) is 20.6 Å². The van der Waals surface area contributed by atoms with E-state index in [4.69, 9.17) is 0 Å². The zero-order valence-corrected chi connectivity index (χ0v) is 10.3. The largest absolute Gasteiger partial charge is 0.478 e. The normalized spacial score (nSPS) is 12.9. The molecule has 2 rings (SSSR count). The summed E-state index contributed by atoms with van der Waals surface area (Å²) in [5.74, 6) is -0.0388. The maximum absolute atomic E-state index is 11.2. The molecular weight excluding hydrogens is 216 g/mol. The lowest BCUT2D eigenvalue weighted by Crippen LogP contribution is -2.09. The number of carbonyl (C=O) groups is 1. The van der Waals surface area contributed by atoms with Gasteiger partial charge in [-0.05, 0) is 32.4 Å². The van der Waals surface area contributed by atoms with Gasteiger partial charge in [-0.1, -0.05) is 13.0 Å². The van der Waals surface area contributed by atoms with E-state index >= 15 is 0 Å². The number of hydrogen-bond donors (Lipinski definition) is 1. The molecule has 0 saturated heterocycles. The smallest absolute Gasteiger partial charge is 0.337 e. The molecule has 2 aromatic rings. The Hall–Kier alpha value is -1.84. The second kappa shape index (κ2) is 4.20. The maximum Gasteiger partial charge on any atom is 0.337 e. The molecule has 90 valence electrons. The summed E-state index contributed by atoms with van der Waals surface area (Å²) in [6, 6.07) is 5.47. The number of aromatic nitrogens is 2. The molecule has 0 bridgehead atoms. The van der Waals surface area contributed by atoms with E-state index in [0.29, 0.717) is 5.56 Å². The topological polar surface area (TPSA) is 55.1 Å². The van der Waals surface area contributed by atoms with Gasteiger partial charge in [-0.2, -0.15) is 0 Å². The van der Waals surface area contributed by atoms with Crippen LogP contribution in [0.3, 0.4) is 0 Å². The molecule has 0 saturated carbocycles. The fraction of sp³-hybridized carbons (Fsp3) is 0.385. The van der Waals surface area contributed by atoms with Gasteiger partial charge in [-0.3, -0.25) is 0 Å². The van der Waals surface area contributed by atoms with E-state index in [0.717, 1.165) is 23.3 Å². The Morgan fingerprint density at radius 3 is 2.82 bits per heavy atom. The zero-order chi connectivity index (χ0) is 12.6. The van der Waals surface area contributed by atoms with Crippen molar-refractivity contribution in [3.63, 3.8) is 0 Å². The molecule has 0 aliphatic rings. The van der Waals surface area contributed by atoms with Gasteiger partial charge in [-0.15, -0.1) is 0 Å². The molecule has 4 nitrogen and oxygen atoms in total. The Morgan fingerprint density at radius 1 is 1.53 bits per heavy atom. The quantitative estimate of drug-likeness (QED) is 0.885. The molecule has 0 fully saturated rings. The predicted octanol–water partition coefficient (Wildman–Crippen LogP) is 3.01. The van der Waals surface area contributed by atoms with Crippen molar-refractivity contribution in [3.8, 4) is 0 Å². The highest BCUT2D eigenvalue weighted by Crippen LogP contribution is 2.25. The van der Waals surface area contributed by atoms with Crippen molar-refractivity contribution in [1.29, 1.82) is 0 Å². The Balaban J connectivity index is 2.82. The molecule has 1 N–H and O–H groups in total. The van der Waals surface area contributed by atoms with Crippen LogP contribution in [-0.2, 0) is 0 Å². The lowest BCUT2D eigenvalue weighted by molar-refractivity contribution is 0.0698. The minimum absolute atomic E-state index is 0.250. The van der Waals surface area contributed by atoms with Gasteiger partial charge in [0, 0.05) is 6.04 Å². The molecule has 0 spiro atoms. The van der Waals surface area contributed by atoms with Crippen LogP contribution in [0.5, 0.6) is 0 Å². The molecule has 1 aromatic carbocycles. The third-order valence-corrected chi connectivity index (χ3v) is 3.15. The first-order valence-corrected chi connectivity index (χ1v) is 5.77. The van der Waals surface area contributed by atoms with E-state index in [2.05, 4.69) is 18.8 Å². The minimum atomic E-state index is -0.903. The number of carboxylic acids is 1. The number of nitrogens with zero attached hydrogens (tertiary/aromatic N) is 2. The summed E-state index contributed by atoms with van der Waals surface area (Å²) in [5.41, 5.74) is 1.80. The van der Waals surface area contributed by atoms with E-state index in [1.165, 1.54) is 0 Å². The van der Waals surface area contributed by atoms with Crippen LogP contribution >= 0.6 is 0 Å². The Morgan fingerprint density at radius 2 is 2.24 bits per heavy atom. The molecule has 1 aromatic heterocycles. The van der Waals surface area contributed by atoms with Crippen molar-refractivity contribution in [2.24, 2.45) is 0 Å². The summed E-state index contributed by atoms with van der Waals surface area (Å²) in [5, 5.41) is 9.23. The predicted molar refractivity (Wildman–Crippen MR) is 66.4 cm³/mol. The summed E-state index contributed by atoms with van der Waals surface area (Å²) in [6.07, 6.45) is 0.945. The molecule has 0 amide bonds. The molecule has 1 atom stereocenters. The van der Waals surface area contributed by atoms with Crippen molar-refractivity contribution in [2.45, 2.75) is 33.2 Å². The van der Waals surface area contributed by atoms with Gasteiger partial charge in [0.1, 0.15) is 5.82 Å². The summed E-state index contributed by atoms with van der Waals surface area (Å²) in [7, 11) is 0. The second-order valence-corrected chi connectivity index (χ2v) is 4.26. The van der Waals surface area contributed by atoms with Crippen LogP contribution in [0.2, 0.25) is 0 Å². The number of aryl methyl sites for hydroxylation is 1. The molecular formula is C13H16N2O2. The lowest BCUT2D eigenvalue weighted by atomic mass is 10.1. The zero-order valence-electron chi connectivity index (χ0n) is 10.3. The average Bonchev–Trinajstić information content (AvgIpc) is 2.63. The van der Waals surface area contributed by atoms with Gasteiger partial charge < -0.3 is 9.67 Å². The Kier molecular flexibility index (Phi) is 2.88. The van der Waals surface area contributed by atoms with E-state index < -0.39 is 5.97 Å². The number of hydrogen-bond acceptors (Lipinski definition) is 2. The Bertz CT molecular complexity index is 572. The molecule has 4 heteroatoms. The number of rotatable bonds is 3. The summed E-state index contributed by atoms with van der Waals surface area (Å²) in [6.45, 7) is 6.07. The number of benzene rings is 1. The van der Waals surface area contributed by atoms with Crippen LogP contribution in [0.25, 0.3) is 11.0 Å². The lowest BCUT2D eigenvalue weighted by Gasteiger charge is -2.15. The molecule has 1 heterocycles. The monoisotopic (exact) mass is 232 g/mol. The van der Waals surface area contributed by atoms with E-state index in [-0.39, 0.29) is 6.04 Å². The molecule has 0 aliphatic heterocycles. The third kappa shape index (κ3) is 1.79. The molecule has 0 aliphatic carbocycles. The first-order chi connectivity index (χ1) is 8.06. The maximum atomic E-state index is 11.2. The number of aromatic carboxylic acids is 1. The van der Waals surface area contributed by atoms with Gasteiger partial charge in [-0.25, -0.2) is 9.78 Å². The van der Waals surface area contributed by atoms with Crippen LogP contribution in [0.4, 0.5) is 0 Å². The highest BCUT2D eigenvalue weighted by molar-refractivity contribution is 6.01.